The van der Waals surface area contributed by atoms with Gasteiger partial charge in [0, 0.05) is 18.5 Å². The molecule has 2 heterocycles. The Morgan fingerprint density at radius 1 is 1.37 bits per heavy atom. The number of nitrogens with zero attached hydrogens (tertiary/aromatic N) is 1. The Morgan fingerprint density at radius 2 is 2.22 bits per heavy atom. The molecule has 1 aliphatic rings. The van der Waals surface area contributed by atoms with Gasteiger partial charge in [-0.1, -0.05) is 12.1 Å². The first-order valence-electron chi connectivity index (χ1n) is 8.80. The summed E-state index contributed by atoms with van der Waals surface area (Å²) in [6.45, 7) is 3.00. The van der Waals surface area contributed by atoms with Gasteiger partial charge in [0.2, 0.25) is 0 Å². The average molecular weight is 390 g/mol. The molecule has 1 atom stereocenters. The number of benzene rings is 1. The van der Waals surface area contributed by atoms with Gasteiger partial charge in [0.05, 0.1) is 16.8 Å². The standard InChI is InChI=1S/C19H22N2O5S/c1-13-21-14(12-27-13)10-25-17-7-3-2-6-16(17)19(23)26-11-18(22)20-9-15-5-4-8-24-15/h2-3,6-7,12,15H,4-5,8-11H2,1H3,(H,20,22)/t15-/m0/s1. The molecule has 1 amide bonds. The van der Waals surface area contributed by atoms with E-state index in [2.05, 4.69) is 10.3 Å². The van der Waals surface area contributed by atoms with E-state index in [0.717, 1.165) is 30.2 Å². The molecule has 1 aromatic heterocycles. The Morgan fingerprint density at radius 3 is 2.96 bits per heavy atom. The Labute approximate surface area is 161 Å². The number of rotatable bonds is 8. The first kappa shape index (κ1) is 19.3. The zero-order chi connectivity index (χ0) is 19.1. The molecule has 3 rings (SSSR count). The number of amides is 1. The first-order chi connectivity index (χ1) is 13.1. The van der Waals surface area contributed by atoms with E-state index in [1.807, 2.05) is 12.3 Å². The molecule has 27 heavy (non-hydrogen) atoms. The highest BCUT2D eigenvalue weighted by Crippen LogP contribution is 2.21. The van der Waals surface area contributed by atoms with Gasteiger partial charge in [-0.25, -0.2) is 9.78 Å². The van der Waals surface area contributed by atoms with E-state index < -0.39 is 5.97 Å². The second-order valence-electron chi connectivity index (χ2n) is 6.16. The molecule has 144 valence electrons. The summed E-state index contributed by atoms with van der Waals surface area (Å²) in [5.41, 5.74) is 1.07. The molecule has 1 N–H and O–H groups in total. The highest BCUT2D eigenvalue weighted by molar-refractivity contribution is 7.09. The second-order valence-corrected chi connectivity index (χ2v) is 7.22. The number of esters is 1. The van der Waals surface area contributed by atoms with E-state index in [1.54, 1.807) is 24.3 Å². The van der Waals surface area contributed by atoms with Crippen molar-refractivity contribution < 1.29 is 23.8 Å². The fourth-order valence-electron chi connectivity index (χ4n) is 2.68. The van der Waals surface area contributed by atoms with Crippen LogP contribution in [0.3, 0.4) is 0 Å². The van der Waals surface area contributed by atoms with Crippen molar-refractivity contribution in [3.63, 3.8) is 0 Å². The van der Waals surface area contributed by atoms with Crippen LogP contribution in [-0.2, 0) is 20.9 Å². The molecule has 8 heteroatoms. The average Bonchev–Trinajstić information content (AvgIpc) is 3.34. The van der Waals surface area contributed by atoms with Gasteiger partial charge in [0.1, 0.15) is 17.9 Å². The number of hydrogen-bond acceptors (Lipinski definition) is 7. The van der Waals surface area contributed by atoms with Crippen molar-refractivity contribution in [1.29, 1.82) is 0 Å². The van der Waals surface area contributed by atoms with E-state index in [-0.39, 0.29) is 30.8 Å². The molecule has 0 radical (unpaired) electrons. The molecule has 1 saturated heterocycles. The van der Waals surface area contributed by atoms with Gasteiger partial charge >= 0.3 is 5.97 Å². The summed E-state index contributed by atoms with van der Waals surface area (Å²) in [5.74, 6) is -0.560. The summed E-state index contributed by atoms with van der Waals surface area (Å²) in [6.07, 6.45) is 1.99. The van der Waals surface area contributed by atoms with Gasteiger partial charge in [-0.2, -0.15) is 0 Å². The number of nitrogens with one attached hydrogen (secondary N) is 1. The summed E-state index contributed by atoms with van der Waals surface area (Å²) in [7, 11) is 0. The van der Waals surface area contributed by atoms with Crippen molar-refractivity contribution in [2.45, 2.75) is 32.5 Å². The number of carbonyl (C=O) groups is 2. The number of aromatic nitrogens is 1. The topological polar surface area (TPSA) is 86.8 Å². The molecular weight excluding hydrogens is 368 g/mol. The molecule has 0 spiro atoms. The van der Waals surface area contributed by atoms with E-state index in [1.165, 1.54) is 11.3 Å². The molecule has 1 fully saturated rings. The second kappa shape index (κ2) is 9.48. The van der Waals surface area contributed by atoms with Crippen LogP contribution in [0.25, 0.3) is 0 Å². The number of carbonyl (C=O) groups excluding carboxylic acids is 2. The van der Waals surface area contributed by atoms with Crippen LogP contribution in [-0.4, -0.2) is 42.7 Å². The summed E-state index contributed by atoms with van der Waals surface area (Å²) < 4.78 is 16.3. The van der Waals surface area contributed by atoms with Gasteiger partial charge in [-0.3, -0.25) is 4.79 Å². The summed E-state index contributed by atoms with van der Waals surface area (Å²) in [5, 5.41) is 5.58. The van der Waals surface area contributed by atoms with Crippen LogP contribution < -0.4 is 10.1 Å². The molecule has 1 aromatic carbocycles. The highest BCUT2D eigenvalue weighted by atomic mass is 32.1. The third-order valence-electron chi connectivity index (χ3n) is 4.03. The minimum Gasteiger partial charge on any atom is -0.486 e. The van der Waals surface area contributed by atoms with Crippen molar-refractivity contribution in [1.82, 2.24) is 10.3 Å². The fourth-order valence-corrected chi connectivity index (χ4v) is 3.28. The van der Waals surface area contributed by atoms with Crippen LogP contribution in [0, 0.1) is 6.92 Å². The van der Waals surface area contributed by atoms with Crippen molar-refractivity contribution in [3.05, 3.63) is 45.9 Å². The first-order valence-corrected chi connectivity index (χ1v) is 9.68. The van der Waals surface area contributed by atoms with Crippen molar-refractivity contribution in [3.8, 4) is 5.75 Å². The molecule has 0 saturated carbocycles. The van der Waals surface area contributed by atoms with Gasteiger partial charge in [0.25, 0.3) is 5.91 Å². The lowest BCUT2D eigenvalue weighted by molar-refractivity contribution is -0.124. The van der Waals surface area contributed by atoms with Gasteiger partial charge < -0.3 is 19.5 Å². The van der Waals surface area contributed by atoms with Crippen molar-refractivity contribution in [2.75, 3.05) is 19.8 Å². The van der Waals surface area contributed by atoms with Gasteiger partial charge in [0.15, 0.2) is 6.61 Å². The zero-order valence-electron chi connectivity index (χ0n) is 15.1. The van der Waals surface area contributed by atoms with Crippen LogP contribution in [0.5, 0.6) is 5.75 Å². The number of ether oxygens (including phenoxy) is 3. The Bertz CT molecular complexity index is 786. The summed E-state index contributed by atoms with van der Waals surface area (Å²) in [6, 6.07) is 6.78. The maximum Gasteiger partial charge on any atom is 0.342 e. The lowest BCUT2D eigenvalue weighted by atomic mass is 10.2. The summed E-state index contributed by atoms with van der Waals surface area (Å²) in [4.78, 5) is 28.5. The van der Waals surface area contributed by atoms with Crippen LogP contribution in [0.15, 0.2) is 29.6 Å². The molecule has 7 nitrogen and oxygen atoms in total. The van der Waals surface area contributed by atoms with E-state index >= 15 is 0 Å². The number of hydrogen-bond donors (Lipinski definition) is 1. The van der Waals surface area contributed by atoms with Crippen molar-refractivity contribution >= 4 is 23.2 Å². The van der Waals surface area contributed by atoms with Gasteiger partial charge in [-0.05, 0) is 31.9 Å². The Hall–Kier alpha value is -2.45. The van der Waals surface area contributed by atoms with Crippen LogP contribution >= 0.6 is 11.3 Å². The van der Waals surface area contributed by atoms with Crippen LogP contribution in [0.1, 0.15) is 33.9 Å². The molecule has 1 aliphatic heterocycles. The maximum atomic E-state index is 12.3. The van der Waals surface area contributed by atoms with Crippen LogP contribution in [0.4, 0.5) is 0 Å². The monoisotopic (exact) mass is 390 g/mol. The predicted molar refractivity (Wildman–Crippen MR) is 99.9 cm³/mol. The molecular formula is C19H22N2O5S. The quantitative estimate of drug-likeness (QED) is 0.697. The lowest BCUT2D eigenvalue weighted by Gasteiger charge is -2.12. The predicted octanol–water partition coefficient (Wildman–Crippen LogP) is 2.48. The summed E-state index contributed by atoms with van der Waals surface area (Å²) >= 11 is 1.54. The smallest absolute Gasteiger partial charge is 0.342 e. The fraction of sp³-hybridized carbons (Fsp3) is 0.421. The molecule has 2 aromatic rings. The minimum atomic E-state index is -0.604. The van der Waals surface area contributed by atoms with Crippen LogP contribution in [0.2, 0.25) is 0 Å². The lowest BCUT2D eigenvalue weighted by Crippen LogP contribution is -2.34. The van der Waals surface area contributed by atoms with E-state index in [0.29, 0.717) is 12.3 Å². The zero-order valence-corrected chi connectivity index (χ0v) is 15.9. The number of para-hydroxylation sites is 1. The maximum absolute atomic E-state index is 12.3. The van der Waals surface area contributed by atoms with Gasteiger partial charge in [-0.15, -0.1) is 11.3 Å². The van der Waals surface area contributed by atoms with Crippen molar-refractivity contribution in [2.24, 2.45) is 0 Å². The van der Waals surface area contributed by atoms with E-state index in [4.69, 9.17) is 14.2 Å². The third-order valence-corrected chi connectivity index (χ3v) is 4.86. The van der Waals surface area contributed by atoms with E-state index in [9.17, 15) is 9.59 Å². The highest BCUT2D eigenvalue weighted by Gasteiger charge is 2.18. The minimum absolute atomic E-state index is 0.0492. The molecule has 0 bridgehead atoms. The molecule has 0 aliphatic carbocycles. The third kappa shape index (κ3) is 5.77. The number of aryl methyl sites for hydroxylation is 1. The number of thiazole rings is 1. The largest absolute Gasteiger partial charge is 0.486 e. The SMILES string of the molecule is Cc1nc(COc2ccccc2C(=O)OCC(=O)NC[C@@H]2CCCO2)cs1. The Kier molecular flexibility index (Phi) is 6.78. The molecule has 0 unspecified atom stereocenters. The Balaban J connectivity index is 1.49. The normalized spacial score (nSPS) is 16.1.